The third-order valence-electron chi connectivity index (χ3n) is 23.9. The molecule has 0 fully saturated rings. The molecule has 116 heavy (non-hydrogen) atoms. The minimum absolute atomic E-state index is 0.493. The van der Waals surface area contributed by atoms with E-state index < -0.39 is 0 Å². The second kappa shape index (κ2) is 25.5. The van der Waals surface area contributed by atoms with Gasteiger partial charge in [0.25, 0.3) is 0 Å². The number of benzene rings is 17. The largest absolute Gasteiger partial charge is 0.309 e. The minimum Gasteiger partial charge on any atom is -0.309 e. The van der Waals surface area contributed by atoms with Crippen LogP contribution in [0, 0.1) is 11.3 Å². The molecule has 0 aliphatic carbocycles. The molecule has 0 aliphatic heterocycles. The smallest absolute Gasteiger partial charge is 0.166 e. The van der Waals surface area contributed by atoms with E-state index in [2.05, 4.69) is 367 Å². The molecule has 0 aliphatic rings. The van der Waals surface area contributed by atoms with E-state index in [1.54, 1.807) is 0 Å². The van der Waals surface area contributed by atoms with Crippen LogP contribution in [0.3, 0.4) is 0 Å². The van der Waals surface area contributed by atoms with E-state index in [-0.39, 0.29) is 0 Å². The Bertz CT molecular complexity index is 7690. The molecule has 0 radical (unpaired) electrons. The number of rotatable bonds is 11. The molecule has 0 N–H and O–H groups in total. The van der Waals surface area contributed by atoms with E-state index in [1.165, 1.54) is 43.1 Å². The summed E-state index contributed by atoms with van der Waals surface area (Å²) in [5.41, 5.74) is 25.8. The van der Waals surface area contributed by atoms with Crippen molar-refractivity contribution in [3.05, 3.63) is 394 Å². The van der Waals surface area contributed by atoms with Crippen molar-refractivity contribution in [2.45, 2.75) is 0 Å². The maximum Gasteiger partial charge on any atom is 0.166 e. The van der Waals surface area contributed by atoms with Crippen molar-refractivity contribution in [3.63, 3.8) is 0 Å². The van der Waals surface area contributed by atoms with E-state index in [4.69, 9.17) is 15.0 Å². The van der Waals surface area contributed by atoms with Crippen LogP contribution in [0.15, 0.2) is 388 Å². The van der Waals surface area contributed by atoms with Crippen molar-refractivity contribution in [1.29, 1.82) is 5.26 Å². The Kier molecular flexibility index (Phi) is 14.3. The monoisotopic (exact) mass is 1480 g/mol. The second-order valence-electron chi connectivity index (χ2n) is 30.1. The SMILES string of the molecule is N#Cc1ccccc1-c1ccc(-n2c3ccc(-n4c5ccccc5c5ccccc54)cc3c3cc(-n4c5ccccc5c5ccccc54)ccc32)c(-c2ccc(-n3c4ccc(-n5c6ccccc6c6ccccc65)cc4c4cc(-n5c6ccccc6c6ccccc65)ccc43)c(-c3nc(-c4ccccc4)nc(-c4ccccc4)n3)c2)c1. The number of hydrogen-bond donors (Lipinski definition) is 0. The zero-order chi connectivity index (χ0) is 76.2. The number of fused-ring (bicyclic) bond motifs is 18. The molecular weight excluding hydrogens is 1410 g/mol. The lowest BCUT2D eigenvalue weighted by Gasteiger charge is -2.20. The molecule has 24 rings (SSSR count). The Hall–Kier alpha value is -16.0. The highest BCUT2D eigenvalue weighted by molar-refractivity contribution is 6.17. The summed E-state index contributed by atoms with van der Waals surface area (Å²) in [4.78, 5) is 16.7. The number of para-hydroxylation sites is 8. The maximum absolute atomic E-state index is 11.0. The summed E-state index contributed by atoms with van der Waals surface area (Å²) >= 11 is 0. The topological polar surface area (TPSA) is 92.0 Å². The normalized spacial score (nSPS) is 12.0. The first-order valence-corrected chi connectivity index (χ1v) is 39.3. The van der Waals surface area contributed by atoms with E-state index in [9.17, 15) is 5.26 Å². The molecule has 24 aromatic rings. The molecule has 0 bridgehead atoms. The predicted molar refractivity (Wildman–Crippen MR) is 478 cm³/mol. The summed E-state index contributed by atoms with van der Waals surface area (Å²) in [5, 5.41) is 24.9. The summed E-state index contributed by atoms with van der Waals surface area (Å²) in [5.74, 6) is 1.58. The van der Waals surface area contributed by atoms with Gasteiger partial charge in [0.15, 0.2) is 17.5 Å². The maximum atomic E-state index is 11.0. The van der Waals surface area contributed by atoms with Crippen molar-refractivity contribution < 1.29 is 0 Å². The fourth-order valence-electron chi connectivity index (χ4n) is 18.8. The van der Waals surface area contributed by atoms with Crippen LogP contribution in [0.4, 0.5) is 0 Å². The van der Waals surface area contributed by atoms with E-state index in [1.807, 2.05) is 54.6 Å². The first-order chi connectivity index (χ1) is 57.5. The highest BCUT2D eigenvalue weighted by Gasteiger charge is 2.27. The van der Waals surface area contributed by atoms with Crippen molar-refractivity contribution in [1.82, 2.24) is 42.4 Å². The van der Waals surface area contributed by atoms with Gasteiger partial charge in [-0.25, -0.2) is 15.0 Å². The van der Waals surface area contributed by atoms with E-state index in [0.29, 0.717) is 23.0 Å². The lowest BCUT2D eigenvalue weighted by Crippen LogP contribution is -2.05. The average molecular weight is 1480 g/mol. The Balaban J connectivity index is 0.799. The fraction of sp³-hybridized carbons (Fsp3) is 0. The number of nitrogens with zero attached hydrogens (tertiary/aromatic N) is 10. The van der Waals surface area contributed by atoms with Gasteiger partial charge < -0.3 is 27.4 Å². The highest BCUT2D eigenvalue weighted by Crippen LogP contribution is 2.47. The molecule has 7 heterocycles. The summed E-state index contributed by atoms with van der Waals surface area (Å²) in [6, 6.07) is 142. The van der Waals surface area contributed by atoms with Gasteiger partial charge in [0.1, 0.15) is 0 Å². The van der Waals surface area contributed by atoms with Crippen LogP contribution >= 0.6 is 0 Å². The summed E-state index contributed by atoms with van der Waals surface area (Å²) < 4.78 is 14.6. The van der Waals surface area contributed by atoms with Crippen LogP contribution in [0.25, 0.3) is 221 Å². The van der Waals surface area contributed by atoms with Gasteiger partial charge in [-0.1, -0.05) is 237 Å². The van der Waals surface area contributed by atoms with Gasteiger partial charge in [-0.3, -0.25) is 0 Å². The average Bonchev–Trinajstić information content (AvgIpc) is 1.55. The van der Waals surface area contributed by atoms with E-state index >= 15 is 0 Å². The van der Waals surface area contributed by atoms with Crippen LogP contribution in [-0.4, -0.2) is 42.4 Å². The van der Waals surface area contributed by atoms with Crippen molar-refractivity contribution >= 4 is 131 Å². The third kappa shape index (κ3) is 9.79. The van der Waals surface area contributed by atoms with Crippen molar-refractivity contribution in [2.75, 3.05) is 0 Å². The Morgan fingerprint density at radius 3 is 0.767 bits per heavy atom. The van der Waals surface area contributed by atoms with Gasteiger partial charge in [0.2, 0.25) is 0 Å². The number of nitriles is 1. The first-order valence-electron chi connectivity index (χ1n) is 39.3. The molecule has 10 heteroatoms. The van der Waals surface area contributed by atoms with Crippen LogP contribution in [0.2, 0.25) is 0 Å². The molecule has 17 aromatic carbocycles. The molecule has 538 valence electrons. The zero-order valence-corrected chi connectivity index (χ0v) is 62.4. The first kappa shape index (κ1) is 64.8. The van der Waals surface area contributed by atoms with Gasteiger partial charge in [-0.05, 0) is 168 Å². The van der Waals surface area contributed by atoms with Crippen LogP contribution in [-0.2, 0) is 0 Å². The summed E-state index contributed by atoms with van der Waals surface area (Å²) in [6.07, 6.45) is 0. The molecular formula is C106H64N10. The van der Waals surface area contributed by atoms with Crippen LogP contribution < -0.4 is 0 Å². The van der Waals surface area contributed by atoms with Gasteiger partial charge in [-0.15, -0.1) is 0 Å². The summed E-state index contributed by atoms with van der Waals surface area (Å²) in [6.45, 7) is 0. The van der Waals surface area contributed by atoms with E-state index in [0.717, 1.165) is 161 Å². The van der Waals surface area contributed by atoms with Crippen LogP contribution in [0.5, 0.6) is 0 Å². The molecule has 7 aromatic heterocycles. The standard InChI is InChI=1S/C106H64N10/c107-65-70-29-7-8-30-75(70)68-47-53-98(115-99-55-49-71(111-90-39-17-9-31-76(90)77-32-10-18-40-91(77)111)61-85(99)86-62-72(50-56-100(86)115)112-92-41-19-11-33-78(92)79-34-12-20-42-93(79)112)84(59-68)69-48-54-103(89(60-69)106-109-104(66-25-3-1-4-26-66)108-105(110-106)67-27-5-2-6-28-67)116-101-57-51-73(113-94-43-21-13-35-80(94)81-36-14-22-44-95(81)113)63-87(101)88-64-74(52-58-102(88)116)114-96-45-23-15-37-82(96)83-38-16-24-46-97(83)114/h1-64H. The van der Waals surface area contributed by atoms with Crippen LogP contribution in [0.1, 0.15) is 5.56 Å². The molecule has 0 amide bonds. The van der Waals surface area contributed by atoms with Gasteiger partial charge in [-0.2, -0.15) is 5.26 Å². The fourth-order valence-corrected chi connectivity index (χ4v) is 18.8. The number of aromatic nitrogens is 9. The predicted octanol–water partition coefficient (Wildman–Crippen LogP) is 26.7. The molecule has 10 nitrogen and oxygen atoms in total. The minimum atomic E-state index is 0.493. The second-order valence-corrected chi connectivity index (χ2v) is 30.1. The van der Waals surface area contributed by atoms with Gasteiger partial charge >= 0.3 is 0 Å². The Morgan fingerprint density at radius 2 is 0.440 bits per heavy atom. The lowest BCUT2D eigenvalue weighted by molar-refractivity contribution is 1.06. The quantitative estimate of drug-likeness (QED) is 0.129. The zero-order valence-electron chi connectivity index (χ0n) is 62.4. The summed E-state index contributed by atoms with van der Waals surface area (Å²) in [7, 11) is 0. The highest BCUT2D eigenvalue weighted by atomic mass is 15.1. The van der Waals surface area contributed by atoms with Gasteiger partial charge in [0.05, 0.1) is 89.2 Å². The molecule has 0 spiro atoms. The lowest BCUT2D eigenvalue weighted by atomic mass is 9.93. The third-order valence-corrected chi connectivity index (χ3v) is 23.9. The Morgan fingerprint density at radius 1 is 0.181 bits per heavy atom. The molecule has 0 saturated heterocycles. The molecule has 0 saturated carbocycles. The number of hydrogen-bond acceptors (Lipinski definition) is 4. The molecule has 0 unspecified atom stereocenters. The van der Waals surface area contributed by atoms with Gasteiger partial charge in [0, 0.05) is 110 Å². The Labute approximate surface area is 664 Å². The molecule has 0 atom stereocenters. The van der Waals surface area contributed by atoms with Crippen molar-refractivity contribution in [3.8, 4) is 96.6 Å². The van der Waals surface area contributed by atoms with Crippen molar-refractivity contribution in [2.24, 2.45) is 0 Å².